The van der Waals surface area contributed by atoms with Crippen LogP contribution in [0.4, 0.5) is 0 Å². The molecule has 0 N–H and O–H groups in total. The molecule has 0 radical (unpaired) electrons. The first-order chi connectivity index (χ1) is 6.97. The van der Waals surface area contributed by atoms with Crippen molar-refractivity contribution in [1.29, 1.82) is 0 Å². The van der Waals surface area contributed by atoms with Crippen molar-refractivity contribution in [3.63, 3.8) is 0 Å². The Morgan fingerprint density at radius 3 is 2.53 bits per heavy atom. The molecular formula is C12H20N2O. The molecule has 1 aliphatic rings. The van der Waals surface area contributed by atoms with Crippen molar-refractivity contribution in [2.75, 3.05) is 0 Å². The Morgan fingerprint density at radius 2 is 2.07 bits per heavy atom. The summed E-state index contributed by atoms with van der Waals surface area (Å²) < 4.78 is 7.74. The summed E-state index contributed by atoms with van der Waals surface area (Å²) in [5, 5.41) is 4.39. The fraction of sp³-hybridized carbons (Fsp3) is 0.750. The molecule has 1 saturated carbocycles. The van der Waals surface area contributed by atoms with Gasteiger partial charge in [0.05, 0.1) is 0 Å². The van der Waals surface area contributed by atoms with Crippen LogP contribution in [0.15, 0.2) is 6.20 Å². The summed E-state index contributed by atoms with van der Waals surface area (Å²) in [4.78, 5) is 0. The van der Waals surface area contributed by atoms with Gasteiger partial charge in [0.25, 0.3) is 0 Å². The van der Waals surface area contributed by atoms with E-state index in [1.807, 2.05) is 11.7 Å². The number of aryl methyl sites for hydroxylation is 1. The first kappa shape index (κ1) is 10.5. The lowest BCUT2D eigenvalue weighted by molar-refractivity contribution is 0.111. The zero-order chi connectivity index (χ0) is 11.1. The van der Waals surface area contributed by atoms with Gasteiger partial charge in [-0.3, -0.25) is 4.68 Å². The molecule has 2 rings (SSSR count). The summed E-state index contributed by atoms with van der Waals surface area (Å²) in [5.74, 6) is 0.828. The third-order valence-corrected chi connectivity index (χ3v) is 2.93. The highest BCUT2D eigenvalue weighted by Crippen LogP contribution is 2.33. The molecule has 0 bridgehead atoms. The summed E-state index contributed by atoms with van der Waals surface area (Å²) in [6, 6.07) is 0. The van der Waals surface area contributed by atoms with E-state index in [9.17, 15) is 0 Å². The van der Waals surface area contributed by atoms with Crippen LogP contribution in [-0.2, 0) is 12.5 Å². The zero-order valence-corrected chi connectivity index (χ0v) is 10.1. The summed E-state index contributed by atoms with van der Waals surface area (Å²) in [7, 11) is 1.95. The molecule has 0 aromatic carbocycles. The summed E-state index contributed by atoms with van der Waals surface area (Å²) in [6.45, 7) is 6.58. The topological polar surface area (TPSA) is 27.1 Å². The lowest BCUT2D eigenvalue weighted by Gasteiger charge is -2.27. The van der Waals surface area contributed by atoms with Crippen molar-refractivity contribution in [3.05, 3.63) is 11.8 Å². The summed E-state index contributed by atoms with van der Waals surface area (Å²) >= 11 is 0. The van der Waals surface area contributed by atoms with Crippen LogP contribution in [0, 0.1) is 0 Å². The minimum atomic E-state index is 0.105. The normalized spacial score (nSPS) is 17.6. The van der Waals surface area contributed by atoms with E-state index in [4.69, 9.17) is 4.74 Å². The van der Waals surface area contributed by atoms with E-state index in [-0.39, 0.29) is 5.41 Å². The highest BCUT2D eigenvalue weighted by Gasteiger charge is 2.26. The molecule has 1 aliphatic carbocycles. The van der Waals surface area contributed by atoms with Gasteiger partial charge in [0.2, 0.25) is 5.88 Å². The number of aromatic nitrogens is 2. The lowest BCUT2D eigenvalue weighted by atomic mass is 9.89. The van der Waals surface area contributed by atoms with Gasteiger partial charge < -0.3 is 4.74 Å². The molecule has 0 amide bonds. The van der Waals surface area contributed by atoms with Crippen molar-refractivity contribution in [2.45, 2.75) is 51.6 Å². The number of rotatable bonds is 2. The minimum Gasteiger partial charge on any atom is -0.473 e. The van der Waals surface area contributed by atoms with Gasteiger partial charge in [-0.15, -0.1) is 5.10 Å². The van der Waals surface area contributed by atoms with Crippen LogP contribution in [-0.4, -0.2) is 15.9 Å². The van der Waals surface area contributed by atoms with E-state index >= 15 is 0 Å². The van der Waals surface area contributed by atoms with Gasteiger partial charge in [0.1, 0.15) is 6.10 Å². The number of ether oxygens (including phenoxy) is 1. The Hall–Kier alpha value is -0.990. The van der Waals surface area contributed by atoms with Crippen LogP contribution in [0.3, 0.4) is 0 Å². The third-order valence-electron chi connectivity index (χ3n) is 2.93. The quantitative estimate of drug-likeness (QED) is 0.747. The predicted octanol–water partition coefficient (Wildman–Crippen LogP) is 2.65. The van der Waals surface area contributed by atoms with Gasteiger partial charge in [0.15, 0.2) is 0 Å². The zero-order valence-electron chi connectivity index (χ0n) is 10.1. The first-order valence-corrected chi connectivity index (χ1v) is 5.67. The van der Waals surface area contributed by atoms with Crippen LogP contribution < -0.4 is 4.74 Å². The highest BCUT2D eigenvalue weighted by atomic mass is 16.5. The fourth-order valence-corrected chi connectivity index (χ4v) is 1.72. The molecule has 0 saturated heterocycles. The maximum Gasteiger partial charge on any atom is 0.236 e. The molecule has 1 aromatic rings. The molecule has 0 spiro atoms. The van der Waals surface area contributed by atoms with Crippen LogP contribution in [0.2, 0.25) is 0 Å². The molecule has 84 valence electrons. The average Bonchev–Trinajstić information content (AvgIpc) is 2.38. The van der Waals surface area contributed by atoms with E-state index in [1.165, 1.54) is 24.8 Å². The number of hydrogen-bond donors (Lipinski definition) is 0. The van der Waals surface area contributed by atoms with Gasteiger partial charge >= 0.3 is 0 Å². The Morgan fingerprint density at radius 1 is 1.40 bits per heavy atom. The van der Waals surface area contributed by atoms with Crippen molar-refractivity contribution < 1.29 is 4.74 Å². The van der Waals surface area contributed by atoms with Crippen molar-refractivity contribution in [2.24, 2.45) is 7.05 Å². The molecule has 0 unspecified atom stereocenters. The predicted molar refractivity (Wildman–Crippen MR) is 60.2 cm³/mol. The Labute approximate surface area is 91.4 Å². The molecule has 1 fully saturated rings. The number of hydrogen-bond acceptors (Lipinski definition) is 2. The molecule has 15 heavy (non-hydrogen) atoms. The molecule has 1 heterocycles. The largest absolute Gasteiger partial charge is 0.473 e. The second kappa shape index (κ2) is 3.54. The third kappa shape index (κ3) is 2.16. The van der Waals surface area contributed by atoms with Crippen LogP contribution >= 0.6 is 0 Å². The second-order valence-corrected chi connectivity index (χ2v) is 5.44. The van der Waals surface area contributed by atoms with E-state index in [0.717, 1.165) is 5.88 Å². The molecular weight excluding hydrogens is 188 g/mol. The smallest absolute Gasteiger partial charge is 0.236 e. The molecule has 3 nitrogen and oxygen atoms in total. The van der Waals surface area contributed by atoms with E-state index in [1.54, 1.807) is 0 Å². The first-order valence-electron chi connectivity index (χ1n) is 5.67. The summed E-state index contributed by atoms with van der Waals surface area (Å²) in [6.07, 6.45) is 6.12. The van der Waals surface area contributed by atoms with E-state index in [2.05, 4.69) is 32.1 Å². The maximum atomic E-state index is 5.90. The SMILES string of the molecule is Cn1cc(C(C)(C)C)c(OC2CCC2)n1. The van der Waals surface area contributed by atoms with Crippen molar-refractivity contribution >= 4 is 0 Å². The van der Waals surface area contributed by atoms with E-state index < -0.39 is 0 Å². The average molecular weight is 208 g/mol. The standard InChI is InChI=1S/C12H20N2O/c1-12(2,3)10-8-14(4)13-11(10)15-9-6-5-7-9/h8-9H,5-7H2,1-4H3. The Bertz CT molecular complexity index is 345. The van der Waals surface area contributed by atoms with Gasteiger partial charge in [0, 0.05) is 18.8 Å². The van der Waals surface area contributed by atoms with Gasteiger partial charge in [-0.2, -0.15) is 0 Å². The molecule has 3 heteroatoms. The minimum absolute atomic E-state index is 0.105. The summed E-state index contributed by atoms with van der Waals surface area (Å²) in [5.41, 5.74) is 1.31. The fourth-order valence-electron chi connectivity index (χ4n) is 1.72. The molecule has 0 atom stereocenters. The van der Waals surface area contributed by atoms with Crippen LogP contribution in [0.25, 0.3) is 0 Å². The van der Waals surface area contributed by atoms with Crippen LogP contribution in [0.1, 0.15) is 45.6 Å². The van der Waals surface area contributed by atoms with E-state index in [0.29, 0.717) is 6.10 Å². The maximum absolute atomic E-state index is 5.90. The number of nitrogens with zero attached hydrogens (tertiary/aromatic N) is 2. The molecule has 0 aliphatic heterocycles. The van der Waals surface area contributed by atoms with Gasteiger partial charge in [-0.1, -0.05) is 20.8 Å². The van der Waals surface area contributed by atoms with Crippen LogP contribution in [0.5, 0.6) is 5.88 Å². The van der Waals surface area contributed by atoms with Crippen molar-refractivity contribution in [3.8, 4) is 5.88 Å². The molecule has 1 aromatic heterocycles. The van der Waals surface area contributed by atoms with Gasteiger partial charge in [-0.05, 0) is 24.7 Å². The second-order valence-electron chi connectivity index (χ2n) is 5.44. The van der Waals surface area contributed by atoms with Gasteiger partial charge in [-0.25, -0.2) is 0 Å². The lowest BCUT2D eigenvalue weighted by Crippen LogP contribution is -2.26. The van der Waals surface area contributed by atoms with Crippen molar-refractivity contribution in [1.82, 2.24) is 9.78 Å². The Kier molecular flexibility index (Phi) is 2.49. The highest BCUT2D eigenvalue weighted by molar-refractivity contribution is 5.30. The monoisotopic (exact) mass is 208 g/mol. The Balaban J connectivity index is 2.20.